The SMILES string of the molecule is O=C(NCc1ccccn1)c1ncsc1SC(c1ccccc1)(c1ccccc1)c1ccccc1. The fourth-order valence-corrected chi connectivity index (χ4v) is 6.54. The summed E-state index contributed by atoms with van der Waals surface area (Å²) in [5.74, 6) is -0.206. The van der Waals surface area contributed by atoms with Crippen molar-refractivity contribution in [3.8, 4) is 0 Å². The van der Waals surface area contributed by atoms with E-state index < -0.39 is 4.75 Å². The number of thiazole rings is 1. The Balaban J connectivity index is 1.57. The van der Waals surface area contributed by atoms with Gasteiger partial charge in [0.25, 0.3) is 5.91 Å². The number of carbonyl (C=O) groups excluding carboxylic acids is 1. The van der Waals surface area contributed by atoms with Crippen LogP contribution in [0.5, 0.6) is 0 Å². The van der Waals surface area contributed by atoms with Gasteiger partial charge in [-0.1, -0.05) is 109 Å². The first-order chi connectivity index (χ1) is 17.3. The lowest BCUT2D eigenvalue weighted by Gasteiger charge is -2.35. The molecule has 1 N–H and O–H groups in total. The maximum atomic E-state index is 13.2. The van der Waals surface area contributed by atoms with E-state index in [9.17, 15) is 4.79 Å². The summed E-state index contributed by atoms with van der Waals surface area (Å²) in [6, 6.07) is 37.0. The standard InChI is InChI=1S/C29H23N3OS2/c33-27(31-20-25-18-10-11-19-30-25)26-28(34-21-32-26)35-29(22-12-4-1-5-13-22,23-14-6-2-7-15-23)24-16-8-3-9-17-24/h1-19,21H,20H2,(H,31,33). The molecule has 2 heterocycles. The van der Waals surface area contributed by atoms with Crippen molar-refractivity contribution < 1.29 is 4.79 Å². The summed E-state index contributed by atoms with van der Waals surface area (Å²) in [6.45, 7) is 0.350. The number of nitrogens with one attached hydrogen (secondary N) is 1. The monoisotopic (exact) mass is 493 g/mol. The molecule has 0 fully saturated rings. The molecule has 0 bridgehead atoms. The van der Waals surface area contributed by atoms with Crippen LogP contribution < -0.4 is 5.32 Å². The van der Waals surface area contributed by atoms with E-state index >= 15 is 0 Å². The molecule has 0 saturated heterocycles. The van der Waals surface area contributed by atoms with Crippen molar-refractivity contribution in [1.29, 1.82) is 0 Å². The summed E-state index contributed by atoms with van der Waals surface area (Å²) in [7, 11) is 0. The van der Waals surface area contributed by atoms with Crippen LogP contribution in [0.25, 0.3) is 0 Å². The third-order valence-corrected chi connectivity index (χ3v) is 8.24. The van der Waals surface area contributed by atoms with E-state index in [1.54, 1.807) is 23.5 Å². The number of nitrogens with zero attached hydrogens (tertiary/aromatic N) is 2. The number of aromatic nitrogens is 2. The van der Waals surface area contributed by atoms with E-state index in [2.05, 4.69) is 88.1 Å². The minimum atomic E-state index is -0.563. The van der Waals surface area contributed by atoms with Gasteiger partial charge in [0.1, 0.15) is 0 Å². The number of hydrogen-bond donors (Lipinski definition) is 1. The lowest BCUT2D eigenvalue weighted by atomic mass is 9.84. The van der Waals surface area contributed by atoms with Gasteiger partial charge in [0.05, 0.1) is 26.7 Å². The Kier molecular flexibility index (Phi) is 7.02. The maximum absolute atomic E-state index is 13.2. The van der Waals surface area contributed by atoms with Crippen LogP contribution in [0.1, 0.15) is 32.9 Å². The Labute approximate surface area is 213 Å². The second-order valence-corrected chi connectivity index (χ2v) is 10.2. The fourth-order valence-electron chi connectivity index (χ4n) is 4.05. The molecule has 4 nitrogen and oxygen atoms in total. The second kappa shape index (κ2) is 10.7. The number of amides is 1. The Bertz CT molecular complexity index is 1280. The van der Waals surface area contributed by atoms with Crippen molar-refractivity contribution in [3.63, 3.8) is 0 Å². The van der Waals surface area contributed by atoms with Crippen LogP contribution in [0, 0.1) is 0 Å². The zero-order valence-corrected chi connectivity index (χ0v) is 20.5. The third kappa shape index (κ3) is 4.90. The topological polar surface area (TPSA) is 54.9 Å². The van der Waals surface area contributed by atoms with E-state index in [4.69, 9.17) is 0 Å². The zero-order valence-electron chi connectivity index (χ0n) is 18.9. The maximum Gasteiger partial charge on any atom is 0.272 e. The molecule has 3 aromatic carbocycles. The summed E-state index contributed by atoms with van der Waals surface area (Å²) >= 11 is 3.14. The lowest BCUT2D eigenvalue weighted by molar-refractivity contribution is 0.0943. The predicted octanol–water partition coefficient (Wildman–Crippen LogP) is 6.55. The van der Waals surface area contributed by atoms with E-state index in [1.807, 2.05) is 36.4 Å². The van der Waals surface area contributed by atoms with Crippen LogP contribution >= 0.6 is 23.1 Å². The summed E-state index contributed by atoms with van der Waals surface area (Å²) in [4.78, 5) is 21.9. The molecule has 0 aliphatic heterocycles. The summed E-state index contributed by atoms with van der Waals surface area (Å²) < 4.78 is 0.298. The minimum Gasteiger partial charge on any atom is -0.345 e. The Morgan fingerprint density at radius 1 is 0.743 bits per heavy atom. The highest BCUT2D eigenvalue weighted by atomic mass is 32.2. The van der Waals surface area contributed by atoms with Gasteiger partial charge in [0.15, 0.2) is 5.69 Å². The molecule has 172 valence electrons. The van der Waals surface area contributed by atoms with Gasteiger partial charge in [-0.2, -0.15) is 0 Å². The molecule has 0 aliphatic rings. The molecule has 2 aromatic heterocycles. The number of pyridine rings is 1. The first-order valence-electron chi connectivity index (χ1n) is 11.2. The largest absolute Gasteiger partial charge is 0.345 e. The minimum absolute atomic E-state index is 0.206. The zero-order chi connectivity index (χ0) is 23.9. The van der Waals surface area contributed by atoms with E-state index in [0.717, 1.165) is 26.6 Å². The van der Waals surface area contributed by atoms with Crippen LogP contribution in [0.2, 0.25) is 0 Å². The third-order valence-electron chi connectivity index (χ3n) is 5.69. The molecule has 1 amide bonds. The van der Waals surface area contributed by atoms with Crippen LogP contribution in [0.3, 0.4) is 0 Å². The number of benzene rings is 3. The molecule has 35 heavy (non-hydrogen) atoms. The Hall–Kier alpha value is -3.74. The highest BCUT2D eigenvalue weighted by Crippen LogP contribution is 2.53. The molecule has 5 rings (SSSR count). The lowest BCUT2D eigenvalue weighted by Crippen LogP contribution is -2.27. The quantitative estimate of drug-likeness (QED) is 0.197. The fraction of sp³-hybridized carbons (Fsp3) is 0.0690. The van der Waals surface area contributed by atoms with E-state index in [-0.39, 0.29) is 5.91 Å². The van der Waals surface area contributed by atoms with Crippen molar-refractivity contribution >= 4 is 29.0 Å². The van der Waals surface area contributed by atoms with Crippen molar-refractivity contribution in [1.82, 2.24) is 15.3 Å². The second-order valence-electron chi connectivity index (χ2n) is 7.87. The number of carbonyl (C=O) groups is 1. The van der Waals surface area contributed by atoms with Crippen molar-refractivity contribution in [3.05, 3.63) is 149 Å². The van der Waals surface area contributed by atoms with Crippen molar-refractivity contribution in [2.75, 3.05) is 0 Å². The molecule has 0 atom stereocenters. The summed E-state index contributed by atoms with van der Waals surface area (Å²) in [5.41, 5.74) is 6.38. The highest BCUT2D eigenvalue weighted by Gasteiger charge is 2.39. The van der Waals surface area contributed by atoms with Gasteiger partial charge in [0, 0.05) is 6.20 Å². The van der Waals surface area contributed by atoms with Gasteiger partial charge in [0.2, 0.25) is 0 Å². The number of hydrogen-bond acceptors (Lipinski definition) is 5. The van der Waals surface area contributed by atoms with Crippen LogP contribution in [0.4, 0.5) is 0 Å². The van der Waals surface area contributed by atoms with Crippen LogP contribution in [0.15, 0.2) is 125 Å². The normalized spacial score (nSPS) is 11.2. The van der Waals surface area contributed by atoms with Crippen LogP contribution in [-0.2, 0) is 11.3 Å². The van der Waals surface area contributed by atoms with Gasteiger partial charge >= 0.3 is 0 Å². The Morgan fingerprint density at radius 2 is 1.29 bits per heavy atom. The molecule has 5 aromatic rings. The molecular weight excluding hydrogens is 470 g/mol. The number of rotatable bonds is 8. The van der Waals surface area contributed by atoms with Gasteiger partial charge in [-0.25, -0.2) is 4.98 Å². The smallest absolute Gasteiger partial charge is 0.272 e. The van der Waals surface area contributed by atoms with Gasteiger partial charge in [-0.15, -0.1) is 11.3 Å². The van der Waals surface area contributed by atoms with Gasteiger partial charge in [-0.3, -0.25) is 9.78 Å². The summed E-state index contributed by atoms with van der Waals surface area (Å²) in [5, 5.41) is 2.98. The average Bonchev–Trinajstić information content (AvgIpc) is 3.40. The number of thioether (sulfide) groups is 1. The molecule has 0 spiro atoms. The molecule has 6 heteroatoms. The molecule has 0 saturated carbocycles. The summed E-state index contributed by atoms with van der Waals surface area (Å²) in [6.07, 6.45) is 1.72. The van der Waals surface area contributed by atoms with Gasteiger partial charge in [-0.05, 0) is 28.8 Å². The first-order valence-corrected chi connectivity index (χ1v) is 12.9. The highest BCUT2D eigenvalue weighted by molar-refractivity contribution is 8.02. The molecule has 0 radical (unpaired) electrons. The van der Waals surface area contributed by atoms with Crippen LogP contribution in [-0.4, -0.2) is 15.9 Å². The predicted molar refractivity (Wildman–Crippen MR) is 143 cm³/mol. The van der Waals surface area contributed by atoms with Crippen molar-refractivity contribution in [2.45, 2.75) is 15.5 Å². The average molecular weight is 494 g/mol. The van der Waals surface area contributed by atoms with Gasteiger partial charge < -0.3 is 5.32 Å². The van der Waals surface area contributed by atoms with E-state index in [1.165, 1.54) is 11.3 Å². The first kappa shape index (κ1) is 23.0. The van der Waals surface area contributed by atoms with Crippen molar-refractivity contribution in [2.24, 2.45) is 0 Å². The van der Waals surface area contributed by atoms with E-state index in [0.29, 0.717) is 12.2 Å². The molecule has 0 aliphatic carbocycles. The molecular formula is C29H23N3OS2. The Morgan fingerprint density at radius 3 is 1.80 bits per heavy atom. The molecule has 0 unspecified atom stereocenters.